The van der Waals surface area contributed by atoms with Crippen LogP contribution in [-0.2, 0) is 0 Å². The van der Waals surface area contributed by atoms with Crippen molar-refractivity contribution in [2.75, 3.05) is 39.3 Å². The van der Waals surface area contributed by atoms with Crippen LogP contribution < -0.4 is 5.32 Å². The summed E-state index contributed by atoms with van der Waals surface area (Å²) in [5, 5.41) is 3.74. The van der Waals surface area contributed by atoms with Gasteiger partial charge in [-0.1, -0.05) is 0 Å². The van der Waals surface area contributed by atoms with Crippen molar-refractivity contribution in [1.29, 1.82) is 0 Å². The summed E-state index contributed by atoms with van der Waals surface area (Å²) in [6.45, 7) is 7.78. The lowest BCUT2D eigenvalue weighted by atomic mass is 10.2. The molecule has 0 radical (unpaired) electrons. The van der Waals surface area contributed by atoms with Crippen molar-refractivity contribution in [2.45, 2.75) is 44.2 Å². The van der Waals surface area contributed by atoms with Crippen molar-refractivity contribution >= 4 is 0 Å². The van der Waals surface area contributed by atoms with Crippen LogP contribution in [0.1, 0.15) is 32.1 Å². The van der Waals surface area contributed by atoms with Gasteiger partial charge in [0.15, 0.2) is 0 Å². The zero-order chi connectivity index (χ0) is 10.8. The lowest BCUT2D eigenvalue weighted by molar-refractivity contribution is 0.305. The monoisotopic (exact) mass is 223 g/mol. The highest BCUT2D eigenvalue weighted by Crippen LogP contribution is 2.29. The number of rotatable bonds is 5. The largest absolute Gasteiger partial charge is 0.311 e. The summed E-state index contributed by atoms with van der Waals surface area (Å²) in [4.78, 5) is 5.29. The maximum absolute atomic E-state index is 3.74. The molecule has 0 spiro atoms. The minimum atomic E-state index is 0.781. The molecular formula is C13H25N3. The van der Waals surface area contributed by atoms with Crippen LogP contribution in [0.4, 0.5) is 0 Å². The zero-order valence-corrected chi connectivity index (χ0v) is 10.3. The molecule has 3 fully saturated rings. The first-order valence-corrected chi connectivity index (χ1v) is 7.11. The molecule has 3 rings (SSSR count). The SMILES string of the molecule is C1CCN(CCNC2CCN(C3CC3)C2)C1. The third kappa shape index (κ3) is 2.76. The molecule has 1 atom stereocenters. The Morgan fingerprint density at radius 2 is 1.81 bits per heavy atom. The molecule has 1 saturated carbocycles. The van der Waals surface area contributed by atoms with Gasteiger partial charge in [-0.2, -0.15) is 0 Å². The summed E-state index contributed by atoms with van der Waals surface area (Å²) in [5.41, 5.74) is 0. The van der Waals surface area contributed by atoms with E-state index in [-0.39, 0.29) is 0 Å². The predicted octanol–water partition coefficient (Wildman–Crippen LogP) is 0.908. The van der Waals surface area contributed by atoms with E-state index in [1.54, 1.807) is 0 Å². The van der Waals surface area contributed by atoms with E-state index in [2.05, 4.69) is 15.1 Å². The molecule has 2 saturated heterocycles. The third-order valence-electron chi connectivity index (χ3n) is 4.34. The first kappa shape index (κ1) is 11.0. The molecule has 1 unspecified atom stereocenters. The van der Waals surface area contributed by atoms with Crippen LogP contribution >= 0.6 is 0 Å². The highest BCUT2D eigenvalue weighted by Gasteiger charge is 2.33. The van der Waals surface area contributed by atoms with Gasteiger partial charge >= 0.3 is 0 Å². The Balaban J connectivity index is 1.30. The van der Waals surface area contributed by atoms with E-state index >= 15 is 0 Å². The fourth-order valence-corrected chi connectivity index (χ4v) is 3.16. The van der Waals surface area contributed by atoms with Crippen molar-refractivity contribution in [3.63, 3.8) is 0 Å². The number of hydrogen-bond donors (Lipinski definition) is 1. The number of hydrogen-bond acceptors (Lipinski definition) is 3. The summed E-state index contributed by atoms with van der Waals surface area (Å²) in [6, 6.07) is 1.74. The molecule has 1 N–H and O–H groups in total. The molecule has 2 aliphatic heterocycles. The number of nitrogens with zero attached hydrogens (tertiary/aromatic N) is 2. The van der Waals surface area contributed by atoms with E-state index in [1.807, 2.05) is 0 Å². The summed E-state index contributed by atoms with van der Waals surface area (Å²) in [7, 11) is 0. The Hall–Kier alpha value is -0.120. The molecule has 92 valence electrons. The van der Waals surface area contributed by atoms with Crippen LogP contribution in [-0.4, -0.2) is 61.2 Å². The van der Waals surface area contributed by atoms with E-state index in [4.69, 9.17) is 0 Å². The lowest BCUT2D eigenvalue weighted by Gasteiger charge is -2.18. The maximum atomic E-state index is 3.74. The van der Waals surface area contributed by atoms with E-state index in [9.17, 15) is 0 Å². The van der Waals surface area contributed by atoms with Crippen LogP contribution in [0.3, 0.4) is 0 Å². The molecule has 0 aromatic heterocycles. The van der Waals surface area contributed by atoms with Crippen LogP contribution in [0.2, 0.25) is 0 Å². The third-order valence-corrected chi connectivity index (χ3v) is 4.34. The second-order valence-electron chi connectivity index (χ2n) is 5.71. The highest BCUT2D eigenvalue weighted by molar-refractivity contribution is 4.91. The second-order valence-corrected chi connectivity index (χ2v) is 5.71. The van der Waals surface area contributed by atoms with Gasteiger partial charge < -0.3 is 10.2 Å². The quantitative estimate of drug-likeness (QED) is 0.747. The van der Waals surface area contributed by atoms with Crippen molar-refractivity contribution in [3.05, 3.63) is 0 Å². The van der Waals surface area contributed by atoms with Gasteiger partial charge in [0, 0.05) is 38.3 Å². The molecule has 0 aromatic rings. The van der Waals surface area contributed by atoms with E-state index < -0.39 is 0 Å². The van der Waals surface area contributed by atoms with Gasteiger partial charge in [0.2, 0.25) is 0 Å². The molecule has 16 heavy (non-hydrogen) atoms. The second kappa shape index (κ2) is 5.03. The minimum absolute atomic E-state index is 0.781. The Bertz CT molecular complexity index is 221. The first-order valence-electron chi connectivity index (χ1n) is 7.11. The molecule has 0 bridgehead atoms. The minimum Gasteiger partial charge on any atom is -0.311 e. The van der Waals surface area contributed by atoms with Crippen LogP contribution in [0.15, 0.2) is 0 Å². The molecule has 2 heterocycles. The smallest absolute Gasteiger partial charge is 0.0207 e. The number of nitrogens with one attached hydrogen (secondary N) is 1. The van der Waals surface area contributed by atoms with Gasteiger partial charge in [-0.05, 0) is 45.2 Å². The lowest BCUT2D eigenvalue weighted by Crippen LogP contribution is -2.38. The van der Waals surface area contributed by atoms with Gasteiger partial charge in [-0.15, -0.1) is 0 Å². The summed E-state index contributed by atoms with van der Waals surface area (Å²) in [5.74, 6) is 0. The van der Waals surface area contributed by atoms with Gasteiger partial charge in [0.25, 0.3) is 0 Å². The van der Waals surface area contributed by atoms with Crippen LogP contribution in [0.5, 0.6) is 0 Å². The number of likely N-dealkylation sites (tertiary alicyclic amines) is 2. The topological polar surface area (TPSA) is 18.5 Å². The molecule has 3 aliphatic rings. The normalized spacial score (nSPS) is 32.6. The fraction of sp³-hybridized carbons (Fsp3) is 1.00. The van der Waals surface area contributed by atoms with Crippen molar-refractivity contribution in [3.8, 4) is 0 Å². The standard InChI is InChI=1S/C13H25N3/c1-2-8-15(7-1)10-6-14-12-5-9-16(11-12)13-3-4-13/h12-14H,1-11H2. The van der Waals surface area contributed by atoms with Crippen molar-refractivity contribution in [2.24, 2.45) is 0 Å². The van der Waals surface area contributed by atoms with Gasteiger partial charge in [-0.25, -0.2) is 0 Å². The van der Waals surface area contributed by atoms with Crippen LogP contribution in [0.25, 0.3) is 0 Å². The maximum Gasteiger partial charge on any atom is 0.0207 e. The Morgan fingerprint density at radius 3 is 2.56 bits per heavy atom. The van der Waals surface area contributed by atoms with Gasteiger partial charge in [0.1, 0.15) is 0 Å². The Morgan fingerprint density at radius 1 is 1.00 bits per heavy atom. The molecule has 3 nitrogen and oxygen atoms in total. The predicted molar refractivity (Wildman–Crippen MR) is 66.7 cm³/mol. The van der Waals surface area contributed by atoms with E-state index in [0.717, 1.165) is 12.1 Å². The summed E-state index contributed by atoms with van der Waals surface area (Å²) < 4.78 is 0. The van der Waals surface area contributed by atoms with Gasteiger partial charge in [0.05, 0.1) is 0 Å². The summed E-state index contributed by atoms with van der Waals surface area (Å²) in [6.07, 6.45) is 7.12. The molecule has 3 heteroatoms. The Kier molecular flexibility index (Phi) is 3.46. The zero-order valence-electron chi connectivity index (χ0n) is 10.3. The molecule has 0 amide bonds. The highest BCUT2D eigenvalue weighted by atomic mass is 15.2. The average Bonchev–Trinajstić information content (AvgIpc) is 2.83. The molecule has 1 aliphatic carbocycles. The molecule has 0 aromatic carbocycles. The fourth-order valence-electron chi connectivity index (χ4n) is 3.16. The van der Waals surface area contributed by atoms with Crippen molar-refractivity contribution in [1.82, 2.24) is 15.1 Å². The first-order chi connectivity index (χ1) is 7.92. The van der Waals surface area contributed by atoms with E-state index in [0.29, 0.717) is 0 Å². The Labute approximate surface area is 99.2 Å². The van der Waals surface area contributed by atoms with Crippen molar-refractivity contribution < 1.29 is 0 Å². The van der Waals surface area contributed by atoms with E-state index in [1.165, 1.54) is 71.4 Å². The summed E-state index contributed by atoms with van der Waals surface area (Å²) >= 11 is 0. The average molecular weight is 223 g/mol. The van der Waals surface area contributed by atoms with Crippen LogP contribution in [0, 0.1) is 0 Å². The van der Waals surface area contributed by atoms with Gasteiger partial charge in [-0.3, -0.25) is 4.90 Å². The molecular weight excluding hydrogens is 198 g/mol.